The van der Waals surface area contributed by atoms with Crippen molar-refractivity contribution in [3.05, 3.63) is 222 Å². The molecule has 0 saturated heterocycles. The van der Waals surface area contributed by atoms with E-state index in [4.69, 9.17) is 0 Å². The summed E-state index contributed by atoms with van der Waals surface area (Å²) in [6, 6.07) is 60.6. The molecular formula is C55H45N. The van der Waals surface area contributed by atoms with Gasteiger partial charge >= 0.3 is 0 Å². The Morgan fingerprint density at radius 2 is 1.12 bits per heavy atom. The van der Waals surface area contributed by atoms with Gasteiger partial charge in [0.2, 0.25) is 0 Å². The fraction of sp³-hybridized carbons (Fsp3) is 0.127. The van der Waals surface area contributed by atoms with Crippen molar-refractivity contribution in [1.29, 1.82) is 0 Å². The second kappa shape index (κ2) is 14.0. The summed E-state index contributed by atoms with van der Waals surface area (Å²) in [7, 11) is 0. The highest BCUT2D eigenvalue weighted by Crippen LogP contribution is 2.54. The molecule has 1 nitrogen and oxygen atoms in total. The minimum atomic E-state index is -0.130. The molecule has 3 aliphatic carbocycles. The highest BCUT2D eigenvalue weighted by molar-refractivity contribution is 5.93. The van der Waals surface area contributed by atoms with E-state index >= 15 is 0 Å². The van der Waals surface area contributed by atoms with E-state index in [-0.39, 0.29) is 5.41 Å². The molecule has 0 saturated carbocycles. The van der Waals surface area contributed by atoms with Gasteiger partial charge in [-0.05, 0) is 128 Å². The van der Waals surface area contributed by atoms with Crippen LogP contribution in [-0.4, -0.2) is 0 Å². The van der Waals surface area contributed by atoms with Gasteiger partial charge in [0.05, 0.1) is 0 Å². The maximum Gasteiger partial charge on any atom is 0.0465 e. The average Bonchev–Trinajstić information content (AvgIpc) is 3.49. The highest BCUT2D eigenvalue weighted by Gasteiger charge is 2.40. The molecule has 56 heavy (non-hydrogen) atoms. The van der Waals surface area contributed by atoms with Crippen LogP contribution < -0.4 is 4.90 Å². The van der Waals surface area contributed by atoms with Crippen molar-refractivity contribution >= 4 is 39.0 Å². The summed E-state index contributed by atoms with van der Waals surface area (Å²) >= 11 is 0. The zero-order chi connectivity index (χ0) is 37.6. The van der Waals surface area contributed by atoms with Gasteiger partial charge in [-0.1, -0.05) is 172 Å². The minimum Gasteiger partial charge on any atom is -0.310 e. The third kappa shape index (κ3) is 6.14. The molecule has 7 aromatic rings. The Bertz CT molecular complexity index is 2700. The third-order valence-corrected chi connectivity index (χ3v) is 12.2. The normalized spacial score (nSPS) is 16.8. The van der Waals surface area contributed by atoms with Crippen molar-refractivity contribution in [2.45, 2.75) is 44.4 Å². The van der Waals surface area contributed by atoms with Crippen LogP contribution in [-0.2, 0) is 5.41 Å². The van der Waals surface area contributed by atoms with E-state index in [2.05, 4.69) is 213 Å². The molecule has 10 rings (SSSR count). The molecule has 270 valence electrons. The SMILES string of the molecule is CC1(C)C2=CC(c3ccc4ccccc4c3)CC=C2c2ccc(N(c3ccc(-c4ccccc4)cc3)c3ccc(-c4ccc(C5=CCCC=C5)cc4)cc3)cc21. The van der Waals surface area contributed by atoms with E-state index in [1.54, 1.807) is 0 Å². The van der Waals surface area contributed by atoms with E-state index in [0.29, 0.717) is 5.92 Å². The number of anilines is 3. The molecule has 0 spiro atoms. The number of nitrogens with zero attached hydrogens (tertiary/aromatic N) is 1. The van der Waals surface area contributed by atoms with Crippen LogP contribution in [0.2, 0.25) is 0 Å². The Labute approximate surface area is 331 Å². The van der Waals surface area contributed by atoms with Gasteiger partial charge in [0, 0.05) is 28.4 Å². The Kier molecular flexibility index (Phi) is 8.52. The van der Waals surface area contributed by atoms with Crippen molar-refractivity contribution in [1.82, 2.24) is 0 Å². The lowest BCUT2D eigenvalue weighted by Crippen LogP contribution is -2.18. The molecule has 0 N–H and O–H groups in total. The van der Waals surface area contributed by atoms with Crippen molar-refractivity contribution < 1.29 is 0 Å². The molecular weight excluding hydrogens is 675 g/mol. The van der Waals surface area contributed by atoms with Crippen molar-refractivity contribution in [3.63, 3.8) is 0 Å². The number of allylic oxidation sites excluding steroid dienone is 8. The summed E-state index contributed by atoms with van der Waals surface area (Å²) in [4.78, 5) is 2.42. The number of hydrogen-bond acceptors (Lipinski definition) is 1. The molecule has 0 radical (unpaired) electrons. The average molecular weight is 720 g/mol. The molecule has 1 heteroatoms. The van der Waals surface area contributed by atoms with E-state index in [1.807, 2.05) is 0 Å². The van der Waals surface area contributed by atoms with E-state index in [0.717, 1.165) is 30.6 Å². The van der Waals surface area contributed by atoms with Crippen LogP contribution in [0.1, 0.15) is 61.3 Å². The smallest absolute Gasteiger partial charge is 0.0465 e. The lowest BCUT2D eigenvalue weighted by Gasteiger charge is -2.29. The largest absolute Gasteiger partial charge is 0.310 e. The van der Waals surface area contributed by atoms with Gasteiger partial charge in [-0.15, -0.1) is 0 Å². The van der Waals surface area contributed by atoms with Gasteiger partial charge in [0.25, 0.3) is 0 Å². The topological polar surface area (TPSA) is 3.24 Å². The Morgan fingerprint density at radius 3 is 1.80 bits per heavy atom. The lowest BCUT2D eigenvalue weighted by atomic mass is 9.77. The van der Waals surface area contributed by atoms with Gasteiger partial charge in [-0.3, -0.25) is 0 Å². The fourth-order valence-electron chi connectivity index (χ4n) is 9.12. The van der Waals surface area contributed by atoms with E-state index in [9.17, 15) is 0 Å². The monoisotopic (exact) mass is 719 g/mol. The lowest BCUT2D eigenvalue weighted by molar-refractivity contribution is 0.648. The standard InChI is InChI=1S/C55H45N/c1-55(2)53-36-47(46-22-21-40-15-9-10-16-45(40)35-46)27-33-51(53)52-34-32-50(37-54(52)55)56(48-28-23-43(24-29-48)39-13-7-4-8-14-39)49-30-25-44(26-31-49)42-19-17-41(18-20-42)38-11-5-3-6-12-38/h4-5,7-26,28-37,47H,3,6,27H2,1-2H3. The quantitative estimate of drug-likeness (QED) is 0.159. The zero-order valence-electron chi connectivity index (χ0n) is 32.1. The van der Waals surface area contributed by atoms with Gasteiger partial charge < -0.3 is 4.90 Å². The Morgan fingerprint density at radius 1 is 0.518 bits per heavy atom. The van der Waals surface area contributed by atoms with Crippen LogP contribution in [0.25, 0.3) is 44.2 Å². The van der Waals surface area contributed by atoms with Crippen molar-refractivity contribution in [3.8, 4) is 22.3 Å². The van der Waals surface area contributed by atoms with Crippen molar-refractivity contribution in [2.75, 3.05) is 4.90 Å². The van der Waals surface area contributed by atoms with E-state index < -0.39 is 0 Å². The fourth-order valence-corrected chi connectivity index (χ4v) is 9.12. The van der Waals surface area contributed by atoms with Crippen LogP contribution in [0.3, 0.4) is 0 Å². The van der Waals surface area contributed by atoms with Gasteiger partial charge in [0.1, 0.15) is 0 Å². The predicted octanol–water partition coefficient (Wildman–Crippen LogP) is 15.2. The first-order chi connectivity index (χ1) is 27.5. The first-order valence-electron chi connectivity index (χ1n) is 20.1. The molecule has 0 bridgehead atoms. The van der Waals surface area contributed by atoms with Gasteiger partial charge in [-0.2, -0.15) is 0 Å². The molecule has 1 unspecified atom stereocenters. The molecule has 0 heterocycles. The van der Waals surface area contributed by atoms with Gasteiger partial charge in [0.15, 0.2) is 0 Å². The van der Waals surface area contributed by atoms with Crippen molar-refractivity contribution in [2.24, 2.45) is 0 Å². The number of benzene rings is 7. The van der Waals surface area contributed by atoms with Crippen LogP contribution in [0.15, 0.2) is 200 Å². The summed E-state index contributed by atoms with van der Waals surface area (Å²) in [6.07, 6.45) is 15.2. The molecule has 0 aromatic heterocycles. The number of fused-ring (bicyclic) bond motifs is 4. The van der Waals surface area contributed by atoms with Gasteiger partial charge in [-0.25, -0.2) is 0 Å². The molecule has 0 aliphatic heterocycles. The Balaban J connectivity index is 1.01. The van der Waals surface area contributed by atoms with Crippen LogP contribution in [0.5, 0.6) is 0 Å². The third-order valence-electron chi connectivity index (χ3n) is 12.2. The maximum absolute atomic E-state index is 2.56. The second-order valence-corrected chi connectivity index (χ2v) is 16.0. The highest BCUT2D eigenvalue weighted by atomic mass is 15.1. The molecule has 0 amide bonds. The summed E-state index contributed by atoms with van der Waals surface area (Å²) in [5.41, 5.74) is 17.8. The summed E-state index contributed by atoms with van der Waals surface area (Å²) < 4.78 is 0. The second-order valence-electron chi connectivity index (χ2n) is 16.0. The molecule has 0 fully saturated rings. The zero-order valence-corrected chi connectivity index (χ0v) is 32.1. The molecule has 3 aliphatic rings. The van der Waals surface area contributed by atoms with Crippen LogP contribution >= 0.6 is 0 Å². The first-order valence-corrected chi connectivity index (χ1v) is 20.1. The maximum atomic E-state index is 2.56. The van der Waals surface area contributed by atoms with Crippen LogP contribution in [0, 0.1) is 0 Å². The Hall–Kier alpha value is -6.44. The number of rotatable bonds is 7. The predicted molar refractivity (Wildman–Crippen MR) is 239 cm³/mol. The minimum absolute atomic E-state index is 0.130. The molecule has 7 aromatic carbocycles. The number of hydrogen-bond donors (Lipinski definition) is 0. The van der Waals surface area contributed by atoms with Crippen LogP contribution in [0.4, 0.5) is 17.1 Å². The first kappa shape index (κ1) is 34.1. The molecule has 1 atom stereocenters. The summed E-state index contributed by atoms with van der Waals surface area (Å²) in [5.74, 6) is 0.363. The van der Waals surface area contributed by atoms with E-state index in [1.165, 1.54) is 77.7 Å². The summed E-state index contributed by atoms with van der Waals surface area (Å²) in [5, 5.41) is 2.61. The summed E-state index contributed by atoms with van der Waals surface area (Å²) in [6.45, 7) is 4.82.